The lowest BCUT2D eigenvalue weighted by Crippen LogP contribution is -2.35. The van der Waals surface area contributed by atoms with Crippen molar-refractivity contribution in [1.29, 1.82) is 0 Å². The van der Waals surface area contributed by atoms with Gasteiger partial charge in [0.1, 0.15) is 0 Å². The molecule has 0 amide bonds. The largest absolute Gasteiger partial charge is 0.503 e. The molecule has 2 aromatic rings. The smallest absolute Gasteiger partial charge is 0.232 e. The topological polar surface area (TPSA) is 70.9 Å². The van der Waals surface area contributed by atoms with Gasteiger partial charge in [0, 0.05) is 28.8 Å². The Hall–Kier alpha value is -1.51. The highest BCUT2D eigenvalue weighted by molar-refractivity contribution is 7.99. The van der Waals surface area contributed by atoms with E-state index in [2.05, 4.69) is 61.1 Å². The summed E-state index contributed by atoms with van der Waals surface area (Å²) in [6, 6.07) is 4.05. The van der Waals surface area contributed by atoms with Crippen LogP contribution in [0.25, 0.3) is 0 Å². The zero-order chi connectivity index (χ0) is 29.6. The zero-order valence-electron chi connectivity index (χ0n) is 26.6. The van der Waals surface area contributed by atoms with Crippen LogP contribution in [0.2, 0.25) is 0 Å². The highest BCUT2D eigenvalue weighted by Crippen LogP contribution is 2.42. The number of benzene rings is 1. The van der Waals surface area contributed by atoms with Gasteiger partial charge in [0.05, 0.1) is 21.1 Å². The Morgan fingerprint density at radius 2 is 1.20 bits per heavy atom. The number of phenols is 1. The van der Waals surface area contributed by atoms with Crippen LogP contribution in [-0.2, 0) is 5.41 Å². The third-order valence-corrected chi connectivity index (χ3v) is 8.80. The summed E-state index contributed by atoms with van der Waals surface area (Å²) in [6.45, 7) is 10.9. The van der Waals surface area contributed by atoms with Gasteiger partial charge in [0.15, 0.2) is 21.7 Å². The summed E-state index contributed by atoms with van der Waals surface area (Å²) < 4.78 is 0.514. The molecule has 8 heteroatoms. The molecule has 2 rings (SSSR count). The monoisotopic (exact) mass is 590 g/mol. The number of phenolic OH excluding ortho intramolecular Hbond substituents is 1. The van der Waals surface area contributed by atoms with Crippen molar-refractivity contribution < 1.29 is 5.11 Å². The Balaban J connectivity index is 2.22. The van der Waals surface area contributed by atoms with Crippen molar-refractivity contribution in [2.24, 2.45) is 0 Å². The second-order valence-corrected chi connectivity index (χ2v) is 14.9. The minimum Gasteiger partial charge on any atom is -0.503 e. The van der Waals surface area contributed by atoms with Crippen molar-refractivity contribution in [3.8, 4) is 5.75 Å². The van der Waals surface area contributed by atoms with Gasteiger partial charge in [0.25, 0.3) is 0 Å². The van der Waals surface area contributed by atoms with E-state index >= 15 is 0 Å². The summed E-state index contributed by atoms with van der Waals surface area (Å²) in [5.74, 6) is 2.97. The van der Waals surface area contributed by atoms with E-state index in [1.165, 1.54) is 77.0 Å². The average Bonchev–Trinajstić information content (AvgIpc) is 2.87. The van der Waals surface area contributed by atoms with Crippen LogP contribution < -0.4 is 9.80 Å². The number of hydrogen-bond donors (Lipinski definition) is 2. The van der Waals surface area contributed by atoms with E-state index in [1.807, 2.05) is 12.1 Å². The average molecular weight is 591 g/mol. The second-order valence-electron chi connectivity index (χ2n) is 12.7. The molecular weight excluding hydrogens is 535 g/mol. The lowest BCUT2D eigenvalue weighted by molar-refractivity contribution is 0.410. The lowest BCUT2D eigenvalue weighted by Gasteiger charge is -2.29. The molecule has 0 atom stereocenters. The summed E-state index contributed by atoms with van der Waals surface area (Å²) >= 11 is 3.47. The lowest BCUT2D eigenvalue weighted by atomic mass is 9.85. The van der Waals surface area contributed by atoms with Crippen molar-refractivity contribution in [2.75, 3.05) is 38.0 Å². The van der Waals surface area contributed by atoms with E-state index in [-0.39, 0.29) is 5.41 Å². The summed E-state index contributed by atoms with van der Waals surface area (Å²) in [4.78, 5) is 14.4. The molecule has 0 saturated carbocycles. The molecule has 0 bridgehead atoms. The van der Waals surface area contributed by atoms with Crippen LogP contribution in [0, 0.1) is 0 Å². The summed E-state index contributed by atoms with van der Waals surface area (Å²) in [5, 5.41) is 16.2. The number of anilines is 2. The van der Waals surface area contributed by atoms with Crippen LogP contribution in [0.3, 0.4) is 0 Å². The first kappa shape index (κ1) is 34.7. The number of unbranched alkanes of at least 4 members (excludes halogenated alkanes) is 10. The van der Waals surface area contributed by atoms with Crippen molar-refractivity contribution in [3.05, 3.63) is 17.7 Å². The minimum absolute atomic E-state index is 0.207. The van der Waals surface area contributed by atoms with Crippen molar-refractivity contribution in [3.63, 3.8) is 0 Å². The molecule has 226 valence electrons. The maximum atomic E-state index is 11.1. The maximum Gasteiger partial charge on any atom is 0.232 e. The summed E-state index contributed by atoms with van der Waals surface area (Å²) in [6.07, 6.45) is 15.4. The van der Waals surface area contributed by atoms with Crippen LogP contribution in [0.4, 0.5) is 17.3 Å². The first-order valence-electron chi connectivity index (χ1n) is 15.4. The molecule has 0 saturated heterocycles. The number of quaternary nitrogens is 1. The van der Waals surface area contributed by atoms with Crippen LogP contribution in [0.5, 0.6) is 5.75 Å². The van der Waals surface area contributed by atoms with Crippen LogP contribution in [-0.4, -0.2) is 52.7 Å². The van der Waals surface area contributed by atoms with Gasteiger partial charge in [-0.05, 0) is 24.3 Å². The van der Waals surface area contributed by atoms with Gasteiger partial charge in [-0.3, -0.25) is 4.48 Å². The third kappa shape index (κ3) is 12.6. The Morgan fingerprint density at radius 1 is 0.725 bits per heavy atom. The number of aromatic nitrogens is 3. The Kier molecular flexibility index (Phi) is 15.1. The molecule has 1 aromatic heterocycles. The van der Waals surface area contributed by atoms with Gasteiger partial charge in [-0.1, -0.05) is 122 Å². The molecule has 0 fully saturated rings. The van der Waals surface area contributed by atoms with E-state index in [4.69, 9.17) is 15.0 Å². The standard InChI is InChI=1S/C32H55N5OS2/c1-9-11-13-15-17-19-21-39-30-34-29(35-31(36-30)40-22-20-18-16-14-12-10-2)33-25-23-26(32(3,4)5)28(38)27(24-25)37(6,7)8/h23-24H,9-22H2,1-8H3,(H-,33,34,35,36,38)/p+1. The van der Waals surface area contributed by atoms with E-state index < -0.39 is 0 Å². The maximum absolute atomic E-state index is 11.1. The first-order chi connectivity index (χ1) is 19.0. The molecular formula is C32H56N5OS2+. The molecule has 0 radical (unpaired) electrons. The zero-order valence-corrected chi connectivity index (χ0v) is 28.2. The number of rotatable bonds is 19. The van der Waals surface area contributed by atoms with Gasteiger partial charge in [0.2, 0.25) is 5.95 Å². The van der Waals surface area contributed by atoms with Gasteiger partial charge >= 0.3 is 0 Å². The van der Waals surface area contributed by atoms with E-state index in [0.29, 0.717) is 16.2 Å². The molecule has 0 unspecified atom stereocenters. The van der Waals surface area contributed by atoms with Gasteiger partial charge in [-0.15, -0.1) is 0 Å². The third-order valence-electron chi connectivity index (χ3n) is 6.93. The Morgan fingerprint density at radius 3 is 1.65 bits per heavy atom. The minimum atomic E-state index is -0.207. The number of aromatic hydroxyl groups is 1. The van der Waals surface area contributed by atoms with Crippen LogP contribution in [0.1, 0.15) is 117 Å². The van der Waals surface area contributed by atoms with Crippen molar-refractivity contribution in [1.82, 2.24) is 19.4 Å². The van der Waals surface area contributed by atoms with Crippen LogP contribution >= 0.6 is 23.5 Å². The summed E-state index contributed by atoms with van der Waals surface area (Å²) in [7, 11) is 6.21. The Bertz CT molecular complexity index is 946. The van der Waals surface area contributed by atoms with Crippen molar-refractivity contribution >= 4 is 40.8 Å². The van der Waals surface area contributed by atoms with E-state index in [9.17, 15) is 5.11 Å². The predicted octanol–water partition coefficient (Wildman–Crippen LogP) is 9.72. The van der Waals surface area contributed by atoms with Crippen molar-refractivity contribution in [2.45, 2.75) is 127 Å². The molecule has 0 spiro atoms. The molecule has 1 aromatic carbocycles. The van der Waals surface area contributed by atoms with E-state index in [1.54, 1.807) is 23.5 Å². The van der Waals surface area contributed by atoms with Gasteiger partial charge in [-0.25, -0.2) is 0 Å². The Labute approximate surface area is 253 Å². The number of nitrogens with zero attached hydrogens (tertiary/aromatic N) is 4. The molecule has 0 aliphatic carbocycles. The molecule has 40 heavy (non-hydrogen) atoms. The number of nitrogens with one attached hydrogen (secondary N) is 1. The summed E-state index contributed by atoms with van der Waals surface area (Å²) in [5.41, 5.74) is 2.45. The second kappa shape index (κ2) is 17.4. The molecule has 0 aliphatic rings. The van der Waals surface area contributed by atoms with Gasteiger partial charge in [-0.2, -0.15) is 15.0 Å². The highest BCUT2D eigenvalue weighted by atomic mass is 32.2. The highest BCUT2D eigenvalue weighted by Gasteiger charge is 2.27. The fourth-order valence-electron chi connectivity index (χ4n) is 4.52. The number of thioether (sulfide) groups is 2. The molecule has 0 aliphatic heterocycles. The SMILES string of the molecule is CCCCCCCCSc1nc(Nc2cc(C(C)(C)C)c(O)c([N+](C)(C)C)c2)nc(SCCCCCCCC)n1. The van der Waals surface area contributed by atoms with E-state index in [0.717, 1.165) is 38.8 Å². The molecule has 1 heterocycles. The fraction of sp³-hybridized carbons (Fsp3) is 0.719. The van der Waals surface area contributed by atoms with Crippen LogP contribution in [0.15, 0.2) is 22.4 Å². The first-order valence-corrected chi connectivity index (χ1v) is 17.4. The number of hydrogen-bond acceptors (Lipinski definition) is 7. The molecule has 2 N–H and O–H groups in total. The normalized spacial score (nSPS) is 12.2. The molecule has 6 nitrogen and oxygen atoms in total. The quantitative estimate of drug-likeness (QED) is 0.0730. The predicted molar refractivity (Wildman–Crippen MR) is 178 cm³/mol. The fourth-order valence-corrected chi connectivity index (χ4v) is 6.24. The van der Waals surface area contributed by atoms with Gasteiger partial charge < -0.3 is 10.4 Å².